The number of piperidine rings is 1. The van der Waals surface area contributed by atoms with Gasteiger partial charge in [0.2, 0.25) is 0 Å². The zero-order valence-electron chi connectivity index (χ0n) is 17.9. The highest BCUT2D eigenvalue weighted by Gasteiger charge is 2.23. The number of hydrogen-bond acceptors (Lipinski definition) is 5. The molecule has 0 radical (unpaired) electrons. The molecule has 6 nitrogen and oxygen atoms in total. The molecule has 2 aromatic carbocycles. The molecule has 0 spiro atoms. The van der Waals surface area contributed by atoms with Gasteiger partial charge in [0.25, 0.3) is 5.91 Å². The Bertz CT molecular complexity index is 1080. The molecule has 0 atom stereocenters. The van der Waals surface area contributed by atoms with Crippen molar-refractivity contribution < 1.29 is 9.90 Å². The Morgan fingerprint density at radius 2 is 1.81 bits per heavy atom. The van der Waals surface area contributed by atoms with Crippen LogP contribution in [-0.2, 0) is 0 Å². The van der Waals surface area contributed by atoms with E-state index in [2.05, 4.69) is 47.2 Å². The number of nitrogens with zero attached hydrogens (tertiary/aromatic N) is 2. The number of carbonyl (C=O) groups is 1. The first-order chi connectivity index (χ1) is 14.9. The van der Waals surface area contributed by atoms with E-state index < -0.39 is 0 Å². The van der Waals surface area contributed by atoms with Crippen molar-refractivity contribution in [1.82, 2.24) is 4.98 Å². The molecule has 1 aromatic heterocycles. The van der Waals surface area contributed by atoms with Crippen molar-refractivity contribution in [2.45, 2.75) is 32.7 Å². The molecule has 1 amide bonds. The van der Waals surface area contributed by atoms with Crippen LogP contribution in [0.5, 0.6) is 5.75 Å². The van der Waals surface area contributed by atoms with Crippen LogP contribution < -0.4 is 16.0 Å². The van der Waals surface area contributed by atoms with E-state index in [9.17, 15) is 9.90 Å². The van der Waals surface area contributed by atoms with Gasteiger partial charge in [-0.3, -0.25) is 9.78 Å². The molecule has 1 aliphatic rings. The number of nitrogens with one attached hydrogen (secondary N) is 1. The van der Waals surface area contributed by atoms with Gasteiger partial charge in [-0.05, 0) is 50.5 Å². The molecule has 1 saturated heterocycles. The average molecular weight is 417 g/mol. The highest BCUT2D eigenvalue weighted by atomic mass is 16.3. The van der Waals surface area contributed by atoms with Gasteiger partial charge >= 0.3 is 0 Å². The highest BCUT2D eigenvalue weighted by molar-refractivity contribution is 6.07. The number of hydrogen-bond donors (Lipinski definition) is 3. The van der Waals surface area contributed by atoms with Gasteiger partial charge in [0.05, 0.1) is 17.6 Å². The summed E-state index contributed by atoms with van der Waals surface area (Å²) in [6.45, 7) is 5.80. The lowest BCUT2D eigenvalue weighted by molar-refractivity contribution is 0.102. The third-order valence-corrected chi connectivity index (χ3v) is 5.66. The van der Waals surface area contributed by atoms with E-state index in [-0.39, 0.29) is 17.7 Å². The standard InChI is InChI=1S/C25H28N4O2/c1-16-10-17(2)12-19(11-16)22-14-27-15-23(24(22)29-8-6-20(26)7-9-29)28-25(31)18-4-3-5-21(30)13-18/h3-5,10-15,20,30H,6-9,26H2,1-2H3,(H,28,31). The van der Waals surface area contributed by atoms with Crippen LogP contribution >= 0.6 is 0 Å². The molecule has 2 heterocycles. The number of pyridine rings is 1. The highest BCUT2D eigenvalue weighted by Crippen LogP contribution is 2.38. The third-order valence-electron chi connectivity index (χ3n) is 5.66. The molecule has 160 valence electrons. The summed E-state index contributed by atoms with van der Waals surface area (Å²) in [4.78, 5) is 19.6. The number of rotatable bonds is 4. The van der Waals surface area contributed by atoms with E-state index in [1.54, 1.807) is 24.4 Å². The van der Waals surface area contributed by atoms with Gasteiger partial charge in [-0.25, -0.2) is 0 Å². The quantitative estimate of drug-likeness (QED) is 0.591. The number of nitrogens with two attached hydrogens (primary N) is 1. The van der Waals surface area contributed by atoms with Crippen LogP contribution in [0, 0.1) is 13.8 Å². The molecule has 0 unspecified atom stereocenters. The Morgan fingerprint density at radius 3 is 2.48 bits per heavy atom. The molecule has 3 aromatic rings. The average Bonchev–Trinajstić information content (AvgIpc) is 2.73. The van der Waals surface area contributed by atoms with E-state index in [1.807, 2.05) is 6.20 Å². The molecule has 0 aliphatic carbocycles. The number of aromatic nitrogens is 1. The number of aryl methyl sites for hydroxylation is 2. The lowest BCUT2D eigenvalue weighted by atomic mass is 9.98. The minimum absolute atomic E-state index is 0.0556. The van der Waals surface area contributed by atoms with Gasteiger partial charge < -0.3 is 21.1 Å². The zero-order valence-corrected chi connectivity index (χ0v) is 17.9. The van der Waals surface area contributed by atoms with Crippen LogP contribution in [0.15, 0.2) is 54.9 Å². The van der Waals surface area contributed by atoms with Crippen LogP contribution in [0.1, 0.15) is 34.3 Å². The van der Waals surface area contributed by atoms with Crippen molar-refractivity contribution in [3.05, 3.63) is 71.5 Å². The van der Waals surface area contributed by atoms with Crippen molar-refractivity contribution in [2.24, 2.45) is 5.73 Å². The van der Waals surface area contributed by atoms with Crippen LogP contribution in [-0.4, -0.2) is 35.1 Å². The fourth-order valence-corrected chi connectivity index (χ4v) is 4.19. The summed E-state index contributed by atoms with van der Waals surface area (Å²) in [5, 5.41) is 12.8. The Morgan fingerprint density at radius 1 is 1.10 bits per heavy atom. The van der Waals surface area contributed by atoms with Crippen molar-refractivity contribution in [2.75, 3.05) is 23.3 Å². The summed E-state index contributed by atoms with van der Waals surface area (Å²) >= 11 is 0. The number of phenols is 1. The number of phenolic OH excluding ortho intramolecular Hbond substituents is 1. The molecule has 1 fully saturated rings. The summed E-state index contributed by atoms with van der Waals surface area (Å²) in [5.41, 5.74) is 12.6. The smallest absolute Gasteiger partial charge is 0.255 e. The van der Waals surface area contributed by atoms with Gasteiger partial charge in [0, 0.05) is 36.5 Å². The van der Waals surface area contributed by atoms with E-state index in [1.165, 1.54) is 17.2 Å². The largest absolute Gasteiger partial charge is 0.508 e. The maximum Gasteiger partial charge on any atom is 0.255 e. The summed E-state index contributed by atoms with van der Waals surface area (Å²) in [6.07, 6.45) is 5.35. The Balaban J connectivity index is 1.78. The maximum atomic E-state index is 12.9. The molecule has 31 heavy (non-hydrogen) atoms. The van der Waals surface area contributed by atoms with Crippen LogP contribution in [0.25, 0.3) is 11.1 Å². The van der Waals surface area contributed by atoms with E-state index in [0.29, 0.717) is 11.3 Å². The second kappa shape index (κ2) is 8.78. The summed E-state index contributed by atoms with van der Waals surface area (Å²) in [5.74, 6) is -0.231. The maximum absolute atomic E-state index is 12.9. The Hall–Kier alpha value is -3.38. The van der Waals surface area contributed by atoms with E-state index >= 15 is 0 Å². The SMILES string of the molecule is Cc1cc(C)cc(-c2cncc(NC(=O)c3cccc(O)c3)c2N2CCC(N)CC2)c1. The summed E-state index contributed by atoms with van der Waals surface area (Å²) < 4.78 is 0. The van der Waals surface area contributed by atoms with Crippen molar-refractivity contribution >= 4 is 17.3 Å². The predicted octanol–water partition coefficient (Wildman–Crippen LogP) is 4.25. The minimum atomic E-state index is -0.287. The lowest BCUT2D eigenvalue weighted by Gasteiger charge is -2.34. The molecular weight excluding hydrogens is 388 g/mol. The fourth-order valence-electron chi connectivity index (χ4n) is 4.19. The van der Waals surface area contributed by atoms with Gasteiger partial charge in [-0.1, -0.05) is 35.4 Å². The summed E-state index contributed by atoms with van der Waals surface area (Å²) in [6, 6.07) is 13.0. The van der Waals surface area contributed by atoms with Gasteiger partial charge in [-0.2, -0.15) is 0 Å². The number of amides is 1. The number of aromatic hydroxyl groups is 1. The van der Waals surface area contributed by atoms with Gasteiger partial charge in [0.1, 0.15) is 5.75 Å². The third kappa shape index (κ3) is 4.70. The van der Waals surface area contributed by atoms with E-state index in [0.717, 1.165) is 42.7 Å². The number of benzene rings is 2. The predicted molar refractivity (Wildman–Crippen MR) is 125 cm³/mol. The molecule has 6 heteroatoms. The normalized spacial score (nSPS) is 14.5. The zero-order chi connectivity index (χ0) is 22.0. The topological polar surface area (TPSA) is 91.5 Å². The second-order valence-corrected chi connectivity index (χ2v) is 8.29. The van der Waals surface area contributed by atoms with Gasteiger partial charge in [0.15, 0.2) is 0 Å². The summed E-state index contributed by atoms with van der Waals surface area (Å²) in [7, 11) is 0. The van der Waals surface area contributed by atoms with Crippen LogP contribution in [0.4, 0.5) is 11.4 Å². The monoisotopic (exact) mass is 416 g/mol. The molecule has 1 aliphatic heterocycles. The second-order valence-electron chi connectivity index (χ2n) is 8.29. The minimum Gasteiger partial charge on any atom is -0.508 e. The van der Waals surface area contributed by atoms with Crippen molar-refractivity contribution in [1.29, 1.82) is 0 Å². The Kier molecular flexibility index (Phi) is 5.91. The molecular formula is C25H28N4O2. The lowest BCUT2D eigenvalue weighted by Crippen LogP contribution is -2.40. The van der Waals surface area contributed by atoms with Crippen LogP contribution in [0.3, 0.4) is 0 Å². The van der Waals surface area contributed by atoms with Crippen molar-refractivity contribution in [3.63, 3.8) is 0 Å². The fraction of sp³-hybridized carbons (Fsp3) is 0.280. The molecule has 0 bridgehead atoms. The molecule has 4 N–H and O–H groups in total. The molecule has 4 rings (SSSR count). The van der Waals surface area contributed by atoms with E-state index in [4.69, 9.17) is 5.73 Å². The molecule has 0 saturated carbocycles. The van der Waals surface area contributed by atoms with Crippen molar-refractivity contribution in [3.8, 4) is 16.9 Å². The first kappa shape index (κ1) is 20.9. The number of anilines is 2. The first-order valence-electron chi connectivity index (χ1n) is 10.6. The number of carbonyl (C=O) groups excluding carboxylic acids is 1. The first-order valence-corrected chi connectivity index (χ1v) is 10.6. The van der Waals surface area contributed by atoms with Crippen LogP contribution in [0.2, 0.25) is 0 Å². The van der Waals surface area contributed by atoms with Gasteiger partial charge in [-0.15, -0.1) is 0 Å². The Labute approximate surface area is 182 Å².